The van der Waals surface area contributed by atoms with E-state index < -0.39 is 6.23 Å². The molecule has 3 aliphatic rings. The molecule has 7 heteroatoms. The molecule has 3 N–H and O–H groups in total. The lowest BCUT2D eigenvalue weighted by Crippen LogP contribution is -2.56. The number of hydrogen-bond donors (Lipinski definition) is 3. The first-order valence-corrected chi connectivity index (χ1v) is 13.8. The predicted molar refractivity (Wildman–Crippen MR) is 145 cm³/mol. The van der Waals surface area contributed by atoms with Crippen LogP contribution in [-0.4, -0.2) is 76.4 Å². The number of phenolic OH excluding ortho intramolecular Hbond substituents is 1. The van der Waals surface area contributed by atoms with Crippen molar-refractivity contribution < 1.29 is 15.0 Å². The minimum absolute atomic E-state index is 0.0239. The zero-order valence-electron chi connectivity index (χ0n) is 22.3. The Morgan fingerprint density at radius 1 is 1.03 bits per heavy atom. The number of nitrogens with one attached hydrogen (secondary N) is 1. The Morgan fingerprint density at radius 2 is 1.70 bits per heavy atom. The van der Waals surface area contributed by atoms with Crippen LogP contribution < -0.4 is 5.32 Å². The summed E-state index contributed by atoms with van der Waals surface area (Å²) < 4.78 is 0. The zero-order valence-corrected chi connectivity index (χ0v) is 22.3. The maximum Gasteiger partial charge on any atom is 0.320 e. The number of benzene rings is 2. The van der Waals surface area contributed by atoms with Gasteiger partial charge in [-0.3, -0.25) is 10.2 Å². The van der Waals surface area contributed by atoms with Crippen molar-refractivity contribution in [3.63, 3.8) is 0 Å². The number of aromatic hydroxyl groups is 1. The first-order valence-electron chi connectivity index (χ1n) is 13.8. The van der Waals surface area contributed by atoms with Gasteiger partial charge in [0, 0.05) is 30.7 Å². The maximum absolute atomic E-state index is 13.7. The summed E-state index contributed by atoms with van der Waals surface area (Å²) in [6.45, 7) is 2.07. The minimum atomic E-state index is -0.863. The summed E-state index contributed by atoms with van der Waals surface area (Å²) in [4.78, 5) is 20.1. The molecule has 5 rings (SSSR count). The summed E-state index contributed by atoms with van der Waals surface area (Å²) in [5.74, 6) is 0.801. The van der Waals surface area contributed by atoms with Crippen LogP contribution in [0.2, 0.25) is 0 Å². The molecular weight excluding hydrogens is 464 g/mol. The summed E-state index contributed by atoms with van der Waals surface area (Å²) in [5.41, 5.74) is 1.87. The number of hydrogen-bond acceptors (Lipinski definition) is 5. The van der Waals surface area contributed by atoms with Gasteiger partial charge in [0.15, 0.2) is 0 Å². The van der Waals surface area contributed by atoms with Crippen LogP contribution in [-0.2, 0) is 12.1 Å². The highest BCUT2D eigenvalue weighted by Gasteiger charge is 2.55. The molecule has 2 saturated carbocycles. The van der Waals surface area contributed by atoms with Crippen molar-refractivity contribution >= 4 is 6.03 Å². The van der Waals surface area contributed by atoms with E-state index in [1.54, 1.807) is 12.1 Å². The van der Waals surface area contributed by atoms with E-state index in [0.717, 1.165) is 37.8 Å². The van der Waals surface area contributed by atoms with Gasteiger partial charge in [0.2, 0.25) is 0 Å². The van der Waals surface area contributed by atoms with Crippen molar-refractivity contribution in [1.29, 1.82) is 0 Å². The number of amides is 2. The molecule has 2 aromatic rings. The lowest BCUT2D eigenvalue weighted by Gasteiger charge is -2.51. The number of β-amino-alcohol motifs (C(OH)–C–C–N with tert-alkyl or cyclic N) is 1. The predicted octanol–water partition coefficient (Wildman–Crippen LogP) is 4.11. The van der Waals surface area contributed by atoms with Crippen LogP contribution in [0.3, 0.4) is 0 Å². The number of para-hydroxylation sites is 1. The Hall–Kier alpha value is -2.61. The van der Waals surface area contributed by atoms with E-state index in [1.807, 2.05) is 17.0 Å². The summed E-state index contributed by atoms with van der Waals surface area (Å²) in [6, 6.07) is 18.0. The average molecular weight is 507 g/mol. The normalized spacial score (nSPS) is 27.2. The number of nitrogens with zero attached hydrogens (tertiary/aromatic N) is 3. The first kappa shape index (κ1) is 26.0. The van der Waals surface area contributed by atoms with Crippen LogP contribution in [0, 0.1) is 5.92 Å². The number of urea groups is 1. The second-order valence-electron chi connectivity index (χ2n) is 11.6. The van der Waals surface area contributed by atoms with E-state index in [2.05, 4.69) is 59.5 Å². The minimum Gasteiger partial charge on any atom is -0.508 e. The highest BCUT2D eigenvalue weighted by atomic mass is 16.3. The number of rotatable bonds is 9. The molecule has 1 atom stereocenters. The Bertz CT molecular complexity index is 1060. The van der Waals surface area contributed by atoms with Crippen LogP contribution in [0.5, 0.6) is 5.75 Å². The van der Waals surface area contributed by atoms with Crippen molar-refractivity contribution in [2.24, 2.45) is 5.92 Å². The Morgan fingerprint density at radius 3 is 2.32 bits per heavy atom. The molecule has 2 amide bonds. The smallest absolute Gasteiger partial charge is 0.320 e. The quantitative estimate of drug-likeness (QED) is 0.446. The summed E-state index contributed by atoms with van der Waals surface area (Å²) in [7, 11) is 4.35. The van der Waals surface area contributed by atoms with Crippen molar-refractivity contribution in [3.8, 4) is 5.75 Å². The van der Waals surface area contributed by atoms with Gasteiger partial charge in [-0.25, -0.2) is 4.79 Å². The molecule has 37 heavy (non-hydrogen) atoms. The fraction of sp³-hybridized carbons (Fsp3) is 0.567. The molecule has 1 saturated heterocycles. The molecule has 2 aliphatic carbocycles. The molecule has 1 unspecified atom stereocenters. The molecule has 0 bridgehead atoms. The summed E-state index contributed by atoms with van der Waals surface area (Å²) >= 11 is 0. The van der Waals surface area contributed by atoms with Crippen molar-refractivity contribution in [1.82, 2.24) is 20.0 Å². The molecule has 0 radical (unpaired) electrons. The summed E-state index contributed by atoms with van der Waals surface area (Å²) in [5, 5.41) is 23.9. The lowest BCUT2D eigenvalue weighted by atomic mass is 9.68. The fourth-order valence-corrected chi connectivity index (χ4v) is 6.69. The molecule has 1 spiro atoms. The molecule has 0 aromatic heterocycles. The highest BCUT2D eigenvalue weighted by molar-refractivity contribution is 5.78. The molecule has 200 valence electrons. The third-order valence-corrected chi connectivity index (χ3v) is 9.31. The SMILES string of the molecule is CN(C)C1(c2ccccc2)CCC2(CC1)CN(CC(O)NCc1ccccc1O)C(=O)N2CC1CCC1. The number of aliphatic hydroxyl groups excluding tert-OH is 1. The number of phenols is 1. The Kier molecular flexibility index (Phi) is 7.48. The monoisotopic (exact) mass is 506 g/mol. The molecule has 7 nitrogen and oxygen atoms in total. The van der Waals surface area contributed by atoms with Gasteiger partial charge >= 0.3 is 6.03 Å². The van der Waals surface area contributed by atoms with Gasteiger partial charge in [-0.05, 0) is 70.2 Å². The highest BCUT2D eigenvalue weighted by Crippen LogP contribution is 2.49. The summed E-state index contributed by atoms with van der Waals surface area (Å²) in [6.07, 6.45) is 6.72. The van der Waals surface area contributed by atoms with Gasteiger partial charge in [-0.15, -0.1) is 0 Å². The third kappa shape index (κ3) is 5.09. The van der Waals surface area contributed by atoms with Gasteiger partial charge in [0.05, 0.1) is 12.1 Å². The largest absolute Gasteiger partial charge is 0.508 e. The Labute approximate surface area is 221 Å². The van der Waals surface area contributed by atoms with Crippen molar-refractivity contribution in [2.75, 3.05) is 33.7 Å². The van der Waals surface area contributed by atoms with Gasteiger partial charge in [0.1, 0.15) is 12.0 Å². The van der Waals surface area contributed by atoms with Crippen LogP contribution in [0.25, 0.3) is 0 Å². The van der Waals surface area contributed by atoms with E-state index in [0.29, 0.717) is 19.0 Å². The van der Waals surface area contributed by atoms with Gasteiger partial charge in [-0.1, -0.05) is 55.0 Å². The maximum atomic E-state index is 13.7. The second-order valence-corrected chi connectivity index (χ2v) is 11.6. The molecule has 2 aromatic carbocycles. The van der Waals surface area contributed by atoms with Crippen LogP contribution in [0.4, 0.5) is 4.79 Å². The van der Waals surface area contributed by atoms with E-state index in [1.165, 1.54) is 24.8 Å². The van der Waals surface area contributed by atoms with E-state index >= 15 is 0 Å². The molecule has 3 fully saturated rings. The van der Waals surface area contributed by atoms with E-state index in [4.69, 9.17) is 0 Å². The fourth-order valence-electron chi connectivity index (χ4n) is 6.69. The number of carbonyl (C=O) groups is 1. The van der Waals surface area contributed by atoms with Gasteiger partial charge < -0.3 is 20.0 Å². The van der Waals surface area contributed by atoms with Gasteiger partial charge in [0.25, 0.3) is 0 Å². The standard InChI is InChI=1S/C30H42N4O3/c1-32(2)30(25-12-4-3-5-13-25)17-15-29(16-18-30)22-33(28(37)34(29)20-23-9-8-10-23)21-27(36)31-19-24-11-6-7-14-26(24)35/h3-7,11-14,23,27,31,35-36H,8-10,15-22H2,1-2H3. The van der Waals surface area contributed by atoms with Crippen LogP contribution in [0.1, 0.15) is 56.1 Å². The topological polar surface area (TPSA) is 79.3 Å². The third-order valence-electron chi connectivity index (χ3n) is 9.31. The van der Waals surface area contributed by atoms with E-state index in [9.17, 15) is 15.0 Å². The first-order chi connectivity index (χ1) is 17.8. The molecular formula is C30H42N4O3. The lowest BCUT2D eigenvalue weighted by molar-refractivity contribution is 0.0152. The van der Waals surface area contributed by atoms with Crippen molar-refractivity contribution in [2.45, 2.75) is 68.8 Å². The van der Waals surface area contributed by atoms with E-state index in [-0.39, 0.29) is 29.4 Å². The zero-order chi connectivity index (χ0) is 26.0. The Balaban J connectivity index is 1.30. The average Bonchev–Trinajstić information content (AvgIpc) is 3.11. The number of carbonyl (C=O) groups excluding carboxylic acids is 1. The number of aliphatic hydroxyl groups is 1. The molecule has 1 aliphatic heterocycles. The molecule has 1 heterocycles. The van der Waals surface area contributed by atoms with Crippen LogP contribution in [0.15, 0.2) is 54.6 Å². The van der Waals surface area contributed by atoms with Crippen molar-refractivity contribution in [3.05, 3.63) is 65.7 Å². The van der Waals surface area contributed by atoms with Gasteiger partial charge in [-0.2, -0.15) is 0 Å². The second kappa shape index (κ2) is 10.6. The van der Waals surface area contributed by atoms with Crippen LogP contribution >= 0.6 is 0 Å².